The predicted octanol–water partition coefficient (Wildman–Crippen LogP) is 0.442. The second-order valence-electron chi connectivity index (χ2n) is 13.0. The number of carbonyl (C=O) groups excluding carboxylic acids is 2. The molecule has 0 aliphatic carbocycles. The van der Waals surface area contributed by atoms with Gasteiger partial charge < -0.3 is 29.1 Å². The van der Waals surface area contributed by atoms with Crippen LogP contribution in [0.3, 0.4) is 0 Å². The molecule has 248 valence electrons. The van der Waals surface area contributed by atoms with E-state index in [1.165, 1.54) is 0 Å². The molecular formula is C34H46N6O6. The van der Waals surface area contributed by atoms with Crippen molar-refractivity contribution in [2.45, 2.75) is 51.1 Å². The van der Waals surface area contributed by atoms with E-state index in [2.05, 4.69) is 10.6 Å². The van der Waals surface area contributed by atoms with Crippen LogP contribution in [0.25, 0.3) is 12.2 Å². The topological polar surface area (TPSA) is 149 Å². The zero-order valence-corrected chi connectivity index (χ0v) is 27.4. The van der Waals surface area contributed by atoms with Crippen LogP contribution in [0.5, 0.6) is 0 Å². The molecule has 2 amide bonds. The number of aliphatic hydroxyl groups is 2. The predicted molar refractivity (Wildman–Crippen MR) is 176 cm³/mol. The highest BCUT2D eigenvalue weighted by Crippen LogP contribution is 2.44. The summed E-state index contributed by atoms with van der Waals surface area (Å²) in [5.74, 6) is -0.306. The number of allylic oxidation sites excluding steroid dienone is 2. The monoisotopic (exact) mass is 634 g/mol. The molecule has 0 aromatic carbocycles. The molecule has 0 unspecified atom stereocenters. The van der Waals surface area contributed by atoms with Crippen molar-refractivity contribution in [1.29, 1.82) is 0 Å². The van der Waals surface area contributed by atoms with Crippen molar-refractivity contribution >= 4 is 24.0 Å². The molecule has 8 atom stereocenters. The van der Waals surface area contributed by atoms with Gasteiger partial charge in [0.05, 0.1) is 24.2 Å². The number of hydrogen-bond acceptors (Lipinski definition) is 8. The summed E-state index contributed by atoms with van der Waals surface area (Å²) in [6.45, 7) is 4.71. The maximum Gasteiger partial charge on any atom is 0.258 e. The van der Waals surface area contributed by atoms with Crippen LogP contribution < -0.4 is 21.8 Å². The summed E-state index contributed by atoms with van der Waals surface area (Å²) in [5.41, 5.74) is 3.12. The van der Waals surface area contributed by atoms with Crippen LogP contribution in [0, 0.1) is 23.7 Å². The van der Waals surface area contributed by atoms with E-state index in [1.54, 1.807) is 59.3 Å². The fourth-order valence-electron chi connectivity index (χ4n) is 7.68. The number of carbonyl (C=O) groups is 2. The van der Waals surface area contributed by atoms with Gasteiger partial charge in [-0.05, 0) is 38.1 Å². The van der Waals surface area contributed by atoms with Gasteiger partial charge in [-0.2, -0.15) is 0 Å². The minimum Gasteiger partial charge on any atom is -0.396 e. The molecule has 4 aliphatic heterocycles. The molecule has 4 aliphatic rings. The number of rotatable bonds is 6. The Balaban J connectivity index is 0.000000181. The molecule has 12 nitrogen and oxygen atoms in total. The molecule has 0 spiro atoms. The van der Waals surface area contributed by atoms with E-state index in [-0.39, 0.29) is 71.9 Å². The number of nitrogens with zero attached hydrogens (tertiary/aromatic N) is 4. The average molecular weight is 635 g/mol. The van der Waals surface area contributed by atoms with E-state index in [1.807, 2.05) is 50.3 Å². The SMILES string of the molecule is C/C=C/c1ccc2n(c1=O)C[C@@H]1[C@@H](CO)[C@H](C(=O)N(C)C)N[C@H]21.C/C=C\c1ccc2n(c1=O)C[C@@H]1[C@@H](CO)[C@H](C(=O)N(C)C)N[C@H]21. The van der Waals surface area contributed by atoms with Crippen LogP contribution in [-0.2, 0) is 22.7 Å². The molecular weight excluding hydrogens is 588 g/mol. The van der Waals surface area contributed by atoms with Gasteiger partial charge in [0.1, 0.15) is 0 Å². The fraction of sp³-hybridized carbons (Fsp3) is 0.529. The van der Waals surface area contributed by atoms with E-state index in [0.717, 1.165) is 11.4 Å². The van der Waals surface area contributed by atoms with Gasteiger partial charge in [0.15, 0.2) is 0 Å². The highest BCUT2D eigenvalue weighted by molar-refractivity contribution is 5.83. The highest BCUT2D eigenvalue weighted by atomic mass is 16.3. The molecule has 46 heavy (non-hydrogen) atoms. The number of hydrogen-bond donors (Lipinski definition) is 4. The Morgan fingerprint density at radius 3 is 1.41 bits per heavy atom. The number of pyridine rings is 2. The molecule has 0 bridgehead atoms. The van der Waals surface area contributed by atoms with Gasteiger partial charge in [-0.1, -0.05) is 24.3 Å². The van der Waals surface area contributed by atoms with Crippen LogP contribution in [-0.4, -0.2) is 94.4 Å². The summed E-state index contributed by atoms with van der Waals surface area (Å²) in [5, 5.41) is 26.3. The van der Waals surface area contributed by atoms with Gasteiger partial charge in [-0.15, -0.1) is 0 Å². The number of nitrogens with one attached hydrogen (secondary N) is 2. The number of fused-ring (bicyclic) bond motifs is 6. The zero-order valence-electron chi connectivity index (χ0n) is 27.4. The van der Waals surface area contributed by atoms with Crippen LogP contribution in [0.4, 0.5) is 0 Å². The first-order valence-corrected chi connectivity index (χ1v) is 15.9. The molecule has 0 radical (unpaired) electrons. The normalized spacial score (nSPS) is 28.9. The lowest BCUT2D eigenvalue weighted by atomic mass is 9.88. The minimum atomic E-state index is -0.399. The molecule has 6 rings (SSSR count). The van der Waals surface area contributed by atoms with Gasteiger partial charge in [-0.3, -0.25) is 29.8 Å². The number of amides is 2. The highest BCUT2D eigenvalue weighted by Gasteiger charge is 2.52. The summed E-state index contributed by atoms with van der Waals surface area (Å²) in [4.78, 5) is 52.9. The molecule has 12 heteroatoms. The number of aliphatic hydroxyl groups excluding tert-OH is 2. The number of likely N-dealkylation sites (N-methyl/N-ethyl adjacent to an activating group) is 2. The smallest absolute Gasteiger partial charge is 0.258 e. The van der Waals surface area contributed by atoms with Gasteiger partial charge >= 0.3 is 0 Å². The molecule has 2 aromatic rings. The Morgan fingerprint density at radius 1 is 0.739 bits per heavy atom. The largest absolute Gasteiger partial charge is 0.396 e. The van der Waals surface area contributed by atoms with Crippen molar-refractivity contribution in [2.24, 2.45) is 23.7 Å². The van der Waals surface area contributed by atoms with Crippen molar-refractivity contribution in [1.82, 2.24) is 29.6 Å². The van der Waals surface area contributed by atoms with Crippen molar-refractivity contribution in [3.8, 4) is 0 Å². The maximum atomic E-state index is 12.5. The Morgan fingerprint density at radius 2 is 1.11 bits per heavy atom. The maximum absolute atomic E-state index is 12.5. The Labute approximate surface area is 269 Å². The first-order chi connectivity index (χ1) is 22.0. The first kappa shape index (κ1) is 33.5. The number of aromatic nitrogens is 2. The summed E-state index contributed by atoms with van der Waals surface area (Å²) >= 11 is 0. The molecule has 6 heterocycles. The molecule has 2 aromatic heterocycles. The summed E-state index contributed by atoms with van der Waals surface area (Å²) in [6.07, 6.45) is 7.30. The van der Waals surface area contributed by atoms with E-state index >= 15 is 0 Å². The van der Waals surface area contributed by atoms with Crippen LogP contribution >= 0.6 is 0 Å². The Bertz CT molecular complexity index is 1540. The van der Waals surface area contributed by atoms with Crippen molar-refractivity contribution in [2.75, 3.05) is 41.4 Å². The third kappa shape index (κ3) is 5.68. The Kier molecular flexibility index (Phi) is 9.83. The molecule has 2 saturated heterocycles. The second kappa shape index (κ2) is 13.5. The fourth-order valence-corrected chi connectivity index (χ4v) is 7.68. The van der Waals surface area contributed by atoms with E-state index in [0.29, 0.717) is 24.2 Å². The second-order valence-corrected chi connectivity index (χ2v) is 13.0. The van der Waals surface area contributed by atoms with E-state index in [9.17, 15) is 29.4 Å². The van der Waals surface area contributed by atoms with Crippen LogP contribution in [0.1, 0.15) is 48.4 Å². The standard InChI is InChI=1S/2C17H23N3O3/c2*1-4-5-10-6-7-13-14-11(8-20(13)16(10)22)12(9-21)15(18-14)17(23)19(2)3/h2*4-7,11-12,14-15,18,21H,8-9H2,1-3H3/b5-4+;5-4-/t2*11-,12-,14+,15-/m11/s1. The minimum absolute atomic E-state index is 0.0102. The van der Waals surface area contributed by atoms with Crippen molar-refractivity contribution in [3.05, 3.63) is 79.6 Å². The lowest BCUT2D eigenvalue weighted by molar-refractivity contribution is -0.132. The Hall–Kier alpha value is -3.84. The molecule has 4 N–H and O–H groups in total. The van der Waals surface area contributed by atoms with Gasteiger partial charge in [0.2, 0.25) is 11.8 Å². The lowest BCUT2D eigenvalue weighted by Crippen LogP contribution is -2.45. The molecule has 0 saturated carbocycles. The summed E-state index contributed by atoms with van der Waals surface area (Å²) in [7, 11) is 6.87. The van der Waals surface area contributed by atoms with Gasteiger partial charge in [-0.25, -0.2) is 0 Å². The van der Waals surface area contributed by atoms with Gasteiger partial charge in [0, 0.05) is 101 Å². The van der Waals surface area contributed by atoms with Crippen LogP contribution in [0.2, 0.25) is 0 Å². The third-order valence-corrected chi connectivity index (χ3v) is 9.96. The summed E-state index contributed by atoms with van der Waals surface area (Å²) in [6, 6.07) is 6.63. The molecule has 2 fully saturated rings. The third-order valence-electron chi connectivity index (χ3n) is 9.96. The van der Waals surface area contributed by atoms with Crippen molar-refractivity contribution < 1.29 is 19.8 Å². The van der Waals surface area contributed by atoms with E-state index in [4.69, 9.17) is 0 Å². The van der Waals surface area contributed by atoms with Crippen LogP contribution in [0.15, 0.2) is 46.0 Å². The van der Waals surface area contributed by atoms with Gasteiger partial charge in [0.25, 0.3) is 11.1 Å². The summed E-state index contributed by atoms with van der Waals surface area (Å²) < 4.78 is 3.55. The quantitative estimate of drug-likeness (QED) is 0.358. The average Bonchev–Trinajstić information content (AvgIpc) is 3.77. The first-order valence-electron chi connectivity index (χ1n) is 15.9. The zero-order chi connectivity index (χ0) is 33.4. The van der Waals surface area contributed by atoms with E-state index < -0.39 is 12.1 Å². The lowest BCUT2D eigenvalue weighted by Gasteiger charge is -2.23. The van der Waals surface area contributed by atoms with Crippen molar-refractivity contribution in [3.63, 3.8) is 0 Å².